The molecule has 3 heteroatoms. The SMILES string of the molecule is CCC1CCC(C#N)C(N(C)C(C)COC)C1. The van der Waals surface area contributed by atoms with Gasteiger partial charge < -0.3 is 4.74 Å². The van der Waals surface area contributed by atoms with Crippen LogP contribution in [0.3, 0.4) is 0 Å². The van der Waals surface area contributed by atoms with Crippen LogP contribution in [0.1, 0.15) is 39.5 Å². The molecule has 0 aromatic carbocycles. The zero-order valence-electron chi connectivity index (χ0n) is 11.6. The number of ether oxygens (including phenoxy) is 1. The van der Waals surface area contributed by atoms with Gasteiger partial charge in [0.05, 0.1) is 18.6 Å². The minimum Gasteiger partial charge on any atom is -0.383 e. The minimum absolute atomic E-state index is 0.196. The van der Waals surface area contributed by atoms with Crippen LogP contribution < -0.4 is 0 Å². The van der Waals surface area contributed by atoms with Crippen molar-refractivity contribution in [3.63, 3.8) is 0 Å². The number of hydrogen-bond donors (Lipinski definition) is 0. The van der Waals surface area contributed by atoms with E-state index in [1.807, 2.05) is 0 Å². The van der Waals surface area contributed by atoms with Crippen molar-refractivity contribution in [2.75, 3.05) is 20.8 Å². The fourth-order valence-electron chi connectivity index (χ4n) is 2.89. The summed E-state index contributed by atoms with van der Waals surface area (Å²) >= 11 is 0. The van der Waals surface area contributed by atoms with Crippen LogP contribution in [0.15, 0.2) is 0 Å². The van der Waals surface area contributed by atoms with Gasteiger partial charge in [-0.3, -0.25) is 4.90 Å². The van der Waals surface area contributed by atoms with E-state index in [0.29, 0.717) is 12.1 Å². The van der Waals surface area contributed by atoms with Crippen molar-refractivity contribution in [1.29, 1.82) is 5.26 Å². The van der Waals surface area contributed by atoms with E-state index < -0.39 is 0 Å². The van der Waals surface area contributed by atoms with Crippen molar-refractivity contribution in [3.8, 4) is 6.07 Å². The van der Waals surface area contributed by atoms with E-state index >= 15 is 0 Å². The lowest BCUT2D eigenvalue weighted by Crippen LogP contribution is -2.47. The maximum Gasteiger partial charge on any atom is 0.0672 e. The lowest BCUT2D eigenvalue weighted by atomic mass is 9.77. The van der Waals surface area contributed by atoms with Crippen molar-refractivity contribution in [1.82, 2.24) is 4.90 Å². The first-order valence-electron chi connectivity index (χ1n) is 6.74. The molecular formula is C14H26N2O. The molecule has 1 aliphatic rings. The Morgan fingerprint density at radius 3 is 2.71 bits per heavy atom. The molecule has 0 heterocycles. The number of nitrogens with zero attached hydrogens (tertiary/aromatic N) is 2. The van der Waals surface area contributed by atoms with Crippen LogP contribution in [-0.4, -0.2) is 37.7 Å². The molecule has 0 saturated heterocycles. The van der Waals surface area contributed by atoms with Gasteiger partial charge in [-0.2, -0.15) is 5.26 Å². The van der Waals surface area contributed by atoms with Gasteiger partial charge in [0, 0.05) is 19.2 Å². The predicted octanol–water partition coefficient (Wildman–Crippen LogP) is 2.67. The first-order chi connectivity index (χ1) is 8.13. The summed E-state index contributed by atoms with van der Waals surface area (Å²) < 4.78 is 5.21. The normalized spacial score (nSPS) is 31.2. The lowest BCUT2D eigenvalue weighted by molar-refractivity contribution is 0.0494. The quantitative estimate of drug-likeness (QED) is 0.739. The molecular weight excluding hydrogens is 212 g/mol. The topological polar surface area (TPSA) is 36.3 Å². The summed E-state index contributed by atoms with van der Waals surface area (Å²) in [6.45, 7) is 5.17. The van der Waals surface area contributed by atoms with E-state index in [2.05, 4.69) is 31.9 Å². The second kappa shape index (κ2) is 6.98. The fourth-order valence-corrected chi connectivity index (χ4v) is 2.89. The molecule has 0 aromatic heterocycles. The standard InChI is InChI=1S/C14H26N2O/c1-5-12-6-7-13(9-15)14(8-12)16(3)11(2)10-17-4/h11-14H,5-8,10H2,1-4H3. The molecule has 1 aliphatic carbocycles. The highest BCUT2D eigenvalue weighted by molar-refractivity contribution is 4.97. The van der Waals surface area contributed by atoms with Crippen LogP contribution in [0.2, 0.25) is 0 Å². The third kappa shape index (κ3) is 3.69. The Bertz CT molecular complexity index is 261. The second-order valence-corrected chi connectivity index (χ2v) is 5.36. The van der Waals surface area contributed by atoms with Gasteiger partial charge in [0.25, 0.3) is 0 Å². The van der Waals surface area contributed by atoms with Crippen LogP contribution in [0.4, 0.5) is 0 Å². The first kappa shape index (κ1) is 14.5. The van der Waals surface area contributed by atoms with Crippen molar-refractivity contribution < 1.29 is 4.74 Å². The molecule has 4 unspecified atom stereocenters. The molecule has 0 amide bonds. The molecule has 0 aliphatic heterocycles. The Hall–Kier alpha value is -0.590. The van der Waals surface area contributed by atoms with Gasteiger partial charge in [-0.25, -0.2) is 0 Å². The summed E-state index contributed by atoms with van der Waals surface area (Å²) in [5.74, 6) is 0.990. The van der Waals surface area contributed by atoms with Crippen molar-refractivity contribution in [3.05, 3.63) is 0 Å². The number of rotatable bonds is 5. The molecule has 17 heavy (non-hydrogen) atoms. The average Bonchev–Trinajstić information content (AvgIpc) is 2.37. The zero-order valence-corrected chi connectivity index (χ0v) is 11.6. The molecule has 0 spiro atoms. The number of likely N-dealkylation sites (N-methyl/N-ethyl adjacent to an activating group) is 1. The largest absolute Gasteiger partial charge is 0.383 e. The highest BCUT2D eigenvalue weighted by atomic mass is 16.5. The molecule has 4 atom stereocenters. The molecule has 1 rings (SSSR count). The molecule has 0 N–H and O–H groups in total. The summed E-state index contributed by atoms with van der Waals surface area (Å²) in [5.41, 5.74) is 0. The van der Waals surface area contributed by atoms with Gasteiger partial charge in [0.15, 0.2) is 0 Å². The van der Waals surface area contributed by atoms with Gasteiger partial charge in [-0.15, -0.1) is 0 Å². The summed E-state index contributed by atoms with van der Waals surface area (Å²) in [7, 11) is 3.87. The van der Waals surface area contributed by atoms with Crippen molar-refractivity contribution in [2.45, 2.75) is 51.6 Å². The van der Waals surface area contributed by atoms with E-state index in [1.54, 1.807) is 7.11 Å². The van der Waals surface area contributed by atoms with Gasteiger partial charge in [-0.05, 0) is 39.2 Å². The van der Waals surface area contributed by atoms with Crippen LogP contribution >= 0.6 is 0 Å². The number of nitriles is 1. The Labute approximate surface area is 106 Å². The average molecular weight is 238 g/mol. The number of methoxy groups -OCH3 is 1. The Kier molecular flexibility index (Phi) is 5.94. The first-order valence-corrected chi connectivity index (χ1v) is 6.74. The summed E-state index contributed by atoms with van der Waals surface area (Å²) in [6, 6.07) is 3.29. The maximum atomic E-state index is 9.27. The summed E-state index contributed by atoms with van der Waals surface area (Å²) in [5, 5.41) is 9.27. The monoisotopic (exact) mass is 238 g/mol. The van der Waals surface area contributed by atoms with Crippen LogP contribution in [0.25, 0.3) is 0 Å². The van der Waals surface area contributed by atoms with E-state index in [1.165, 1.54) is 19.3 Å². The van der Waals surface area contributed by atoms with Crippen LogP contribution in [0, 0.1) is 23.2 Å². The fraction of sp³-hybridized carbons (Fsp3) is 0.929. The summed E-state index contributed by atoms with van der Waals surface area (Å²) in [6.07, 6.45) is 4.68. The van der Waals surface area contributed by atoms with E-state index in [9.17, 15) is 5.26 Å². The van der Waals surface area contributed by atoms with Gasteiger partial charge in [0.2, 0.25) is 0 Å². The van der Waals surface area contributed by atoms with E-state index in [-0.39, 0.29) is 5.92 Å². The molecule has 3 nitrogen and oxygen atoms in total. The predicted molar refractivity (Wildman–Crippen MR) is 69.6 cm³/mol. The van der Waals surface area contributed by atoms with Crippen molar-refractivity contribution >= 4 is 0 Å². The maximum absolute atomic E-state index is 9.27. The Morgan fingerprint density at radius 1 is 1.47 bits per heavy atom. The minimum atomic E-state index is 0.196. The van der Waals surface area contributed by atoms with E-state index in [0.717, 1.165) is 18.9 Å². The molecule has 0 bridgehead atoms. The molecule has 1 fully saturated rings. The van der Waals surface area contributed by atoms with Gasteiger partial charge in [-0.1, -0.05) is 13.3 Å². The third-order valence-electron chi connectivity index (χ3n) is 4.29. The number of hydrogen-bond acceptors (Lipinski definition) is 3. The Morgan fingerprint density at radius 2 is 2.18 bits per heavy atom. The van der Waals surface area contributed by atoms with Crippen LogP contribution in [-0.2, 0) is 4.74 Å². The van der Waals surface area contributed by atoms with Gasteiger partial charge >= 0.3 is 0 Å². The smallest absolute Gasteiger partial charge is 0.0672 e. The van der Waals surface area contributed by atoms with Gasteiger partial charge in [0.1, 0.15) is 0 Å². The third-order valence-corrected chi connectivity index (χ3v) is 4.29. The molecule has 1 saturated carbocycles. The highest BCUT2D eigenvalue weighted by Gasteiger charge is 2.33. The lowest BCUT2D eigenvalue weighted by Gasteiger charge is -2.40. The molecule has 0 radical (unpaired) electrons. The Balaban J connectivity index is 2.65. The van der Waals surface area contributed by atoms with E-state index in [4.69, 9.17) is 4.74 Å². The molecule has 0 aromatic rings. The molecule has 98 valence electrons. The summed E-state index contributed by atoms with van der Waals surface area (Å²) in [4.78, 5) is 2.35. The highest BCUT2D eigenvalue weighted by Crippen LogP contribution is 2.33. The zero-order chi connectivity index (χ0) is 12.8. The van der Waals surface area contributed by atoms with Crippen molar-refractivity contribution in [2.24, 2.45) is 11.8 Å². The second-order valence-electron chi connectivity index (χ2n) is 5.36. The van der Waals surface area contributed by atoms with Crippen LogP contribution in [0.5, 0.6) is 0 Å².